The third-order valence-corrected chi connectivity index (χ3v) is 4.43. The van der Waals surface area contributed by atoms with Gasteiger partial charge in [0.15, 0.2) is 0 Å². The van der Waals surface area contributed by atoms with E-state index < -0.39 is 0 Å². The summed E-state index contributed by atoms with van der Waals surface area (Å²) in [4.78, 5) is 12.4. The molecule has 2 rings (SSSR count). The van der Waals surface area contributed by atoms with E-state index in [1.165, 1.54) is 5.56 Å². The summed E-state index contributed by atoms with van der Waals surface area (Å²) in [6.45, 7) is 2.64. The van der Waals surface area contributed by atoms with E-state index in [-0.39, 0.29) is 11.8 Å². The van der Waals surface area contributed by atoms with E-state index in [4.69, 9.17) is 9.47 Å². The van der Waals surface area contributed by atoms with Crippen molar-refractivity contribution < 1.29 is 14.3 Å². The molecule has 5 heteroatoms. The lowest BCUT2D eigenvalue weighted by Gasteiger charge is -2.15. The molecule has 1 amide bonds. The van der Waals surface area contributed by atoms with E-state index in [1.807, 2.05) is 18.2 Å². The smallest absolute Gasteiger partial charge is 0.251 e. The normalized spacial score (nSPS) is 11.7. The summed E-state index contributed by atoms with van der Waals surface area (Å²) in [5, 5.41) is 2.95. The second-order valence-electron chi connectivity index (χ2n) is 5.22. The Labute approximate surface area is 144 Å². The number of methoxy groups -OCH3 is 2. The van der Waals surface area contributed by atoms with Crippen molar-refractivity contribution >= 4 is 21.8 Å². The molecule has 0 saturated carbocycles. The second kappa shape index (κ2) is 8.02. The highest BCUT2D eigenvalue weighted by atomic mass is 79.9. The van der Waals surface area contributed by atoms with Gasteiger partial charge in [0.1, 0.15) is 16.0 Å². The molecule has 0 heterocycles. The molecule has 0 aromatic heterocycles. The van der Waals surface area contributed by atoms with Crippen molar-refractivity contribution in [3.05, 3.63) is 58.1 Å². The van der Waals surface area contributed by atoms with Crippen LogP contribution in [0.5, 0.6) is 11.5 Å². The topological polar surface area (TPSA) is 47.6 Å². The fourth-order valence-electron chi connectivity index (χ4n) is 2.25. The van der Waals surface area contributed by atoms with Gasteiger partial charge in [-0.15, -0.1) is 0 Å². The third-order valence-electron chi connectivity index (χ3n) is 3.65. The fourth-order valence-corrected chi connectivity index (χ4v) is 2.80. The molecule has 0 aliphatic carbocycles. The molecule has 1 atom stereocenters. The minimum absolute atomic E-state index is 0.156. The van der Waals surface area contributed by atoms with Gasteiger partial charge in [-0.3, -0.25) is 4.79 Å². The van der Waals surface area contributed by atoms with E-state index in [0.29, 0.717) is 28.1 Å². The maximum atomic E-state index is 12.4. The summed E-state index contributed by atoms with van der Waals surface area (Å²) in [5.41, 5.74) is 1.70. The molecule has 0 fully saturated rings. The number of amides is 1. The van der Waals surface area contributed by atoms with Crippen LogP contribution >= 0.6 is 15.9 Å². The molecule has 0 saturated heterocycles. The molecular formula is C18H20BrNO3. The molecule has 1 N–H and O–H groups in total. The van der Waals surface area contributed by atoms with Gasteiger partial charge in [-0.2, -0.15) is 0 Å². The molecule has 0 aliphatic heterocycles. The zero-order valence-corrected chi connectivity index (χ0v) is 15.0. The van der Waals surface area contributed by atoms with Crippen molar-refractivity contribution in [1.29, 1.82) is 0 Å². The molecule has 0 radical (unpaired) electrons. The Bertz CT molecular complexity index is 648. The Hall–Kier alpha value is -2.01. The number of nitrogens with one attached hydrogen (secondary N) is 1. The van der Waals surface area contributed by atoms with Crippen LogP contribution in [-0.2, 0) is 0 Å². The number of hydrogen-bond donors (Lipinski definition) is 1. The predicted octanol–water partition coefficient (Wildman–Crippen LogP) is 4.00. The van der Waals surface area contributed by atoms with Crippen molar-refractivity contribution in [2.24, 2.45) is 0 Å². The fraction of sp³-hybridized carbons (Fsp3) is 0.278. The highest BCUT2D eigenvalue weighted by Crippen LogP contribution is 2.35. The Balaban J connectivity index is 2.09. The van der Waals surface area contributed by atoms with Crippen LogP contribution in [0.4, 0.5) is 0 Å². The minimum Gasteiger partial charge on any atom is -0.495 e. The first-order valence-electron chi connectivity index (χ1n) is 7.31. The summed E-state index contributed by atoms with van der Waals surface area (Å²) in [7, 11) is 3.11. The van der Waals surface area contributed by atoms with E-state index >= 15 is 0 Å². The maximum Gasteiger partial charge on any atom is 0.251 e. The summed E-state index contributed by atoms with van der Waals surface area (Å²) in [6, 6.07) is 13.5. The van der Waals surface area contributed by atoms with Crippen LogP contribution in [0.15, 0.2) is 46.9 Å². The highest BCUT2D eigenvalue weighted by Gasteiger charge is 2.15. The van der Waals surface area contributed by atoms with Crippen molar-refractivity contribution in [2.75, 3.05) is 20.8 Å². The SMILES string of the molecule is COc1cc(C(=O)NCC(C)c2ccccc2)cc(OC)c1Br. The molecule has 2 aromatic carbocycles. The third kappa shape index (κ3) is 4.26. The standard InChI is InChI=1S/C18H20BrNO3/c1-12(13-7-5-4-6-8-13)11-20-18(21)14-9-15(22-2)17(19)16(10-14)23-3/h4-10,12H,11H2,1-3H3,(H,20,21). The van der Waals surface area contributed by atoms with Crippen LogP contribution in [0.2, 0.25) is 0 Å². The van der Waals surface area contributed by atoms with Crippen LogP contribution in [0.1, 0.15) is 28.8 Å². The lowest BCUT2D eigenvalue weighted by molar-refractivity contribution is 0.0951. The van der Waals surface area contributed by atoms with E-state index in [0.717, 1.165) is 0 Å². The first-order valence-corrected chi connectivity index (χ1v) is 8.10. The lowest BCUT2D eigenvalue weighted by Crippen LogP contribution is -2.27. The molecule has 23 heavy (non-hydrogen) atoms. The van der Waals surface area contributed by atoms with Crippen LogP contribution < -0.4 is 14.8 Å². The van der Waals surface area contributed by atoms with Gasteiger partial charge in [-0.1, -0.05) is 37.3 Å². The van der Waals surface area contributed by atoms with E-state index in [9.17, 15) is 4.79 Å². The van der Waals surface area contributed by atoms with Crippen LogP contribution in [0.3, 0.4) is 0 Å². The molecular weight excluding hydrogens is 358 g/mol. The molecule has 1 unspecified atom stereocenters. The molecule has 0 bridgehead atoms. The monoisotopic (exact) mass is 377 g/mol. The van der Waals surface area contributed by atoms with Crippen molar-refractivity contribution in [3.8, 4) is 11.5 Å². The highest BCUT2D eigenvalue weighted by molar-refractivity contribution is 9.10. The summed E-state index contributed by atoms with van der Waals surface area (Å²) in [6.07, 6.45) is 0. The predicted molar refractivity (Wildman–Crippen MR) is 94.4 cm³/mol. The molecule has 0 aliphatic rings. The first-order chi connectivity index (χ1) is 11.1. The summed E-state index contributed by atoms with van der Waals surface area (Å²) < 4.78 is 11.2. The van der Waals surface area contributed by atoms with Crippen molar-refractivity contribution in [3.63, 3.8) is 0 Å². The number of hydrogen-bond acceptors (Lipinski definition) is 3. The molecule has 122 valence electrons. The zero-order valence-electron chi connectivity index (χ0n) is 13.4. The van der Waals surface area contributed by atoms with Gasteiger partial charge in [-0.05, 0) is 39.5 Å². The Kier molecular flexibility index (Phi) is 6.04. The zero-order chi connectivity index (χ0) is 16.8. The maximum absolute atomic E-state index is 12.4. The summed E-state index contributed by atoms with van der Waals surface area (Å²) in [5.74, 6) is 1.20. The van der Waals surface area contributed by atoms with Gasteiger partial charge in [0.05, 0.1) is 14.2 Å². The number of rotatable bonds is 6. The Morgan fingerprint density at radius 1 is 1.13 bits per heavy atom. The number of benzene rings is 2. The van der Waals surface area contributed by atoms with E-state index in [1.54, 1.807) is 26.4 Å². The number of carbonyl (C=O) groups is 1. The average Bonchev–Trinajstić information content (AvgIpc) is 2.60. The van der Waals surface area contributed by atoms with Crippen molar-refractivity contribution in [1.82, 2.24) is 5.32 Å². The van der Waals surface area contributed by atoms with Gasteiger partial charge in [0, 0.05) is 12.1 Å². The number of ether oxygens (including phenoxy) is 2. The van der Waals surface area contributed by atoms with Gasteiger partial charge < -0.3 is 14.8 Å². The first kappa shape index (κ1) is 17.3. The second-order valence-corrected chi connectivity index (χ2v) is 6.01. The van der Waals surface area contributed by atoms with Gasteiger partial charge in [-0.25, -0.2) is 0 Å². The van der Waals surface area contributed by atoms with Crippen LogP contribution in [-0.4, -0.2) is 26.7 Å². The quantitative estimate of drug-likeness (QED) is 0.827. The lowest BCUT2D eigenvalue weighted by atomic mass is 10.0. The Morgan fingerprint density at radius 2 is 1.70 bits per heavy atom. The van der Waals surface area contributed by atoms with Crippen LogP contribution in [0, 0.1) is 0 Å². The Morgan fingerprint density at radius 3 is 2.22 bits per heavy atom. The van der Waals surface area contributed by atoms with Crippen molar-refractivity contribution in [2.45, 2.75) is 12.8 Å². The molecule has 0 spiro atoms. The average molecular weight is 378 g/mol. The number of carbonyl (C=O) groups excluding carboxylic acids is 1. The largest absolute Gasteiger partial charge is 0.495 e. The van der Waals surface area contributed by atoms with E-state index in [2.05, 4.69) is 40.3 Å². The number of halogens is 1. The molecule has 2 aromatic rings. The van der Waals surface area contributed by atoms with Gasteiger partial charge in [0.2, 0.25) is 0 Å². The van der Waals surface area contributed by atoms with Gasteiger partial charge in [0.25, 0.3) is 5.91 Å². The minimum atomic E-state index is -0.156. The van der Waals surface area contributed by atoms with Gasteiger partial charge >= 0.3 is 0 Å². The molecule has 4 nitrogen and oxygen atoms in total. The van der Waals surface area contributed by atoms with Crippen LogP contribution in [0.25, 0.3) is 0 Å². The summed E-state index contributed by atoms with van der Waals surface area (Å²) >= 11 is 3.40.